The van der Waals surface area contributed by atoms with Gasteiger partial charge >= 0.3 is 6.92 Å². The van der Waals surface area contributed by atoms with Crippen LogP contribution in [-0.2, 0) is 0 Å². The van der Waals surface area contributed by atoms with Gasteiger partial charge in [-0.15, -0.1) is 0 Å². The van der Waals surface area contributed by atoms with E-state index >= 15 is 0 Å². The van der Waals surface area contributed by atoms with Crippen molar-refractivity contribution in [3.05, 3.63) is 146 Å². The Balaban J connectivity index is 1.02. The number of aromatic nitrogens is 1. The van der Waals surface area contributed by atoms with Gasteiger partial charge < -0.3 is 18.4 Å². The maximum absolute atomic E-state index is 6.84. The van der Waals surface area contributed by atoms with Crippen LogP contribution < -0.4 is 20.3 Å². The Kier molecular flexibility index (Phi) is 4.89. The standard InChI is InChI=1S/C42H24BNO3/c1-4-12-35-28(8-1)29-9-2-5-13-36(29)44(35)27-18-19-34-41(24-27)46-40-15-7-11-31-33-23-26(17-21-39(33)47-43(34)42(31)40)25-16-20-38-32(22-25)30-10-3-6-14-37(30)45-38/h1-24H. The molecule has 0 aliphatic carbocycles. The molecule has 9 aromatic rings. The molecule has 0 radical (unpaired) electrons. The van der Waals surface area contributed by atoms with E-state index in [2.05, 4.69) is 138 Å². The molecule has 47 heavy (non-hydrogen) atoms. The van der Waals surface area contributed by atoms with E-state index in [0.29, 0.717) is 0 Å². The van der Waals surface area contributed by atoms with E-state index in [0.717, 1.165) is 78.1 Å². The van der Waals surface area contributed by atoms with Gasteiger partial charge in [0.25, 0.3) is 0 Å². The predicted octanol–water partition coefficient (Wildman–Crippen LogP) is 9.62. The number of nitrogens with zero attached hydrogens (tertiary/aromatic N) is 1. The number of para-hydroxylation sites is 3. The van der Waals surface area contributed by atoms with Gasteiger partial charge in [0.15, 0.2) is 0 Å². The highest BCUT2D eigenvalue weighted by Gasteiger charge is 2.40. The van der Waals surface area contributed by atoms with Gasteiger partial charge in [-0.3, -0.25) is 0 Å². The molecule has 11 rings (SSSR count). The first-order valence-electron chi connectivity index (χ1n) is 15.9. The van der Waals surface area contributed by atoms with E-state index in [-0.39, 0.29) is 6.92 Å². The highest BCUT2D eigenvalue weighted by Crippen LogP contribution is 2.42. The van der Waals surface area contributed by atoms with E-state index in [1.54, 1.807) is 0 Å². The normalized spacial score (nSPS) is 13.0. The average molecular weight is 601 g/mol. The molecule has 4 nitrogen and oxygen atoms in total. The van der Waals surface area contributed by atoms with E-state index < -0.39 is 0 Å². The minimum atomic E-state index is -0.260. The van der Waals surface area contributed by atoms with E-state index in [9.17, 15) is 0 Å². The van der Waals surface area contributed by atoms with Crippen molar-refractivity contribution in [2.24, 2.45) is 0 Å². The molecule has 5 heteroatoms. The lowest BCUT2D eigenvalue weighted by molar-refractivity contribution is 0.479. The quantitative estimate of drug-likeness (QED) is 0.185. The second kappa shape index (κ2) is 9.18. The lowest BCUT2D eigenvalue weighted by Crippen LogP contribution is -2.53. The van der Waals surface area contributed by atoms with Gasteiger partial charge in [-0.25, -0.2) is 0 Å². The molecule has 7 aromatic carbocycles. The van der Waals surface area contributed by atoms with Crippen molar-refractivity contribution < 1.29 is 13.8 Å². The van der Waals surface area contributed by atoms with Crippen LogP contribution in [0.2, 0.25) is 0 Å². The first-order chi connectivity index (χ1) is 23.3. The van der Waals surface area contributed by atoms with Gasteiger partial charge in [0.05, 0.1) is 11.0 Å². The summed E-state index contributed by atoms with van der Waals surface area (Å²) in [6, 6.07) is 51.1. The fourth-order valence-corrected chi connectivity index (χ4v) is 7.76. The maximum atomic E-state index is 6.84. The number of benzene rings is 7. The zero-order valence-corrected chi connectivity index (χ0v) is 25.1. The van der Waals surface area contributed by atoms with Crippen LogP contribution in [0.4, 0.5) is 0 Å². The summed E-state index contributed by atoms with van der Waals surface area (Å²) >= 11 is 0. The smallest absolute Gasteiger partial charge is 0.434 e. The molecule has 0 unspecified atom stereocenters. The molecule has 0 saturated carbocycles. The Labute approximate surface area is 270 Å². The van der Waals surface area contributed by atoms with Crippen LogP contribution in [0.5, 0.6) is 17.2 Å². The number of ether oxygens (including phenoxy) is 1. The third-order valence-corrected chi connectivity index (χ3v) is 9.89. The third kappa shape index (κ3) is 3.48. The van der Waals surface area contributed by atoms with Crippen molar-refractivity contribution in [3.63, 3.8) is 0 Å². The van der Waals surface area contributed by atoms with Crippen molar-refractivity contribution in [1.82, 2.24) is 4.57 Å². The molecule has 2 aliphatic rings. The largest absolute Gasteiger partial charge is 0.551 e. The Morgan fingerprint density at radius 2 is 1.19 bits per heavy atom. The summed E-state index contributed by atoms with van der Waals surface area (Å²) in [5.74, 6) is 2.53. The van der Waals surface area contributed by atoms with Crippen LogP contribution in [-0.4, -0.2) is 11.5 Å². The van der Waals surface area contributed by atoms with Gasteiger partial charge in [0.1, 0.15) is 28.4 Å². The van der Waals surface area contributed by atoms with Crippen molar-refractivity contribution in [2.45, 2.75) is 0 Å². The topological polar surface area (TPSA) is 36.5 Å². The summed E-state index contributed by atoms with van der Waals surface area (Å²) < 4.78 is 21.9. The number of hydrogen-bond donors (Lipinski definition) is 0. The van der Waals surface area contributed by atoms with Crippen LogP contribution in [0, 0.1) is 0 Å². The van der Waals surface area contributed by atoms with Crippen LogP contribution in [0.3, 0.4) is 0 Å². The second-order valence-corrected chi connectivity index (χ2v) is 12.4. The number of rotatable bonds is 2. The summed E-state index contributed by atoms with van der Waals surface area (Å²) in [6.07, 6.45) is 0. The molecular formula is C42H24BNO3. The van der Waals surface area contributed by atoms with Gasteiger partial charge in [-0.05, 0) is 71.3 Å². The lowest BCUT2D eigenvalue weighted by atomic mass is 9.51. The Bertz CT molecular complexity index is 2720. The zero-order valence-electron chi connectivity index (χ0n) is 25.1. The van der Waals surface area contributed by atoms with Crippen molar-refractivity contribution in [1.29, 1.82) is 0 Å². The van der Waals surface area contributed by atoms with Gasteiger partial charge in [-0.1, -0.05) is 84.9 Å². The van der Waals surface area contributed by atoms with Crippen LogP contribution in [0.1, 0.15) is 0 Å². The fraction of sp³-hybridized carbons (Fsp3) is 0. The van der Waals surface area contributed by atoms with Crippen molar-refractivity contribution >= 4 is 61.6 Å². The first kappa shape index (κ1) is 25.0. The minimum Gasteiger partial charge on any atom is -0.551 e. The number of furan rings is 1. The van der Waals surface area contributed by atoms with Crippen molar-refractivity contribution in [2.75, 3.05) is 0 Å². The Hall–Kier alpha value is -6.20. The third-order valence-electron chi connectivity index (χ3n) is 9.89. The van der Waals surface area contributed by atoms with Gasteiger partial charge in [0.2, 0.25) is 0 Å². The molecule has 2 aromatic heterocycles. The molecule has 0 atom stereocenters. The second-order valence-electron chi connectivity index (χ2n) is 12.4. The number of fused-ring (bicyclic) bond motifs is 10. The zero-order chi connectivity index (χ0) is 30.6. The summed E-state index contributed by atoms with van der Waals surface area (Å²) in [4.78, 5) is 0. The Morgan fingerprint density at radius 3 is 2.04 bits per heavy atom. The molecule has 2 aliphatic heterocycles. The summed E-state index contributed by atoms with van der Waals surface area (Å²) in [7, 11) is 0. The van der Waals surface area contributed by atoms with E-state index in [1.165, 1.54) is 21.8 Å². The van der Waals surface area contributed by atoms with Crippen LogP contribution in [0.15, 0.2) is 150 Å². The molecular weight excluding hydrogens is 577 g/mol. The van der Waals surface area contributed by atoms with E-state index in [4.69, 9.17) is 13.8 Å². The van der Waals surface area contributed by atoms with E-state index in [1.807, 2.05) is 12.1 Å². The molecule has 0 fully saturated rings. The summed E-state index contributed by atoms with van der Waals surface area (Å²) in [5, 5.41) is 4.72. The lowest BCUT2D eigenvalue weighted by Gasteiger charge is -2.33. The number of hydrogen-bond acceptors (Lipinski definition) is 3. The minimum absolute atomic E-state index is 0.260. The first-order valence-corrected chi connectivity index (χ1v) is 15.9. The molecule has 0 saturated heterocycles. The highest BCUT2D eigenvalue weighted by molar-refractivity contribution is 6.84. The molecule has 218 valence electrons. The SMILES string of the molecule is c1cc2c3c(c1)-c1cc(-c4ccc5oc6ccccc6c5c4)ccc1OB3c1ccc(-n3c4ccccc4c4ccccc43)cc1O2. The molecule has 0 amide bonds. The summed E-state index contributed by atoms with van der Waals surface area (Å²) in [5.41, 5.74) is 11.8. The van der Waals surface area contributed by atoms with Crippen LogP contribution in [0.25, 0.3) is 71.7 Å². The summed E-state index contributed by atoms with van der Waals surface area (Å²) in [6.45, 7) is -0.260. The maximum Gasteiger partial charge on any atom is 0.434 e. The molecule has 0 bridgehead atoms. The van der Waals surface area contributed by atoms with Gasteiger partial charge in [-0.2, -0.15) is 0 Å². The van der Waals surface area contributed by atoms with Crippen LogP contribution >= 0.6 is 0 Å². The predicted molar refractivity (Wildman–Crippen MR) is 191 cm³/mol. The molecule has 4 heterocycles. The fourth-order valence-electron chi connectivity index (χ4n) is 7.76. The monoisotopic (exact) mass is 601 g/mol. The molecule has 0 spiro atoms. The van der Waals surface area contributed by atoms with Gasteiger partial charge in [0, 0.05) is 49.8 Å². The van der Waals surface area contributed by atoms with Crippen molar-refractivity contribution in [3.8, 4) is 45.2 Å². The highest BCUT2D eigenvalue weighted by atomic mass is 16.5. The Morgan fingerprint density at radius 1 is 0.468 bits per heavy atom. The average Bonchev–Trinajstić information content (AvgIpc) is 3.67. The molecule has 0 N–H and O–H groups in total.